The normalized spacial score (nSPS) is 14.0. The highest BCUT2D eigenvalue weighted by molar-refractivity contribution is 5.94. The standard InChI is InChI=1S/C14H24N4O8/c1-6(2)11(14(26)16-4-10(22)23)18-13(25)8(5-19)17-12(24)7(15)3-9(20)21/h6-8,11,19H,3-5,15H2,1-2H3,(H,16,26)(H,17,24)(H,18,25)(H,20,21)(H,22,23). The van der Waals surface area contributed by atoms with Crippen LogP contribution in [0.2, 0.25) is 0 Å². The minimum atomic E-state index is -1.46. The lowest BCUT2D eigenvalue weighted by molar-refractivity contribution is -0.140. The summed E-state index contributed by atoms with van der Waals surface area (Å²) >= 11 is 0. The molecule has 0 aromatic heterocycles. The fourth-order valence-electron chi connectivity index (χ4n) is 1.82. The second-order valence-corrected chi connectivity index (χ2v) is 5.79. The van der Waals surface area contributed by atoms with Gasteiger partial charge in [0.1, 0.15) is 18.6 Å². The van der Waals surface area contributed by atoms with Crippen LogP contribution in [0.4, 0.5) is 0 Å². The molecule has 12 nitrogen and oxygen atoms in total. The molecular formula is C14H24N4O8. The summed E-state index contributed by atoms with van der Waals surface area (Å²) in [6, 6.07) is -3.99. The summed E-state index contributed by atoms with van der Waals surface area (Å²) in [5.41, 5.74) is 5.36. The molecule has 0 aliphatic carbocycles. The van der Waals surface area contributed by atoms with Crippen molar-refractivity contribution in [1.29, 1.82) is 0 Å². The van der Waals surface area contributed by atoms with E-state index in [1.165, 1.54) is 0 Å². The predicted molar refractivity (Wildman–Crippen MR) is 86.7 cm³/mol. The summed E-state index contributed by atoms with van der Waals surface area (Å²) in [7, 11) is 0. The zero-order valence-electron chi connectivity index (χ0n) is 14.4. The lowest BCUT2D eigenvalue weighted by Gasteiger charge is -2.24. The number of carbonyl (C=O) groups is 5. The fraction of sp³-hybridized carbons (Fsp3) is 0.643. The van der Waals surface area contributed by atoms with Crippen LogP contribution in [0, 0.1) is 5.92 Å². The Balaban J connectivity index is 4.92. The van der Waals surface area contributed by atoms with Crippen LogP contribution in [0.25, 0.3) is 0 Å². The van der Waals surface area contributed by atoms with Gasteiger partial charge in [0.2, 0.25) is 17.7 Å². The first-order valence-electron chi connectivity index (χ1n) is 7.68. The Morgan fingerprint density at radius 2 is 1.50 bits per heavy atom. The van der Waals surface area contributed by atoms with E-state index in [0.717, 1.165) is 0 Å². The third-order valence-electron chi connectivity index (χ3n) is 3.21. The highest BCUT2D eigenvalue weighted by atomic mass is 16.4. The molecule has 0 spiro atoms. The van der Waals surface area contributed by atoms with E-state index in [-0.39, 0.29) is 0 Å². The number of aliphatic carboxylic acids is 2. The minimum absolute atomic E-state index is 0.419. The van der Waals surface area contributed by atoms with E-state index in [0.29, 0.717) is 0 Å². The van der Waals surface area contributed by atoms with E-state index >= 15 is 0 Å². The van der Waals surface area contributed by atoms with Crippen LogP contribution < -0.4 is 21.7 Å². The van der Waals surface area contributed by atoms with Crippen molar-refractivity contribution in [2.24, 2.45) is 11.7 Å². The molecule has 148 valence electrons. The zero-order valence-corrected chi connectivity index (χ0v) is 14.4. The van der Waals surface area contributed by atoms with Crippen LogP contribution in [-0.4, -0.2) is 76.3 Å². The average Bonchev–Trinajstić information content (AvgIpc) is 2.53. The van der Waals surface area contributed by atoms with Crippen molar-refractivity contribution in [2.75, 3.05) is 13.2 Å². The van der Waals surface area contributed by atoms with Gasteiger partial charge >= 0.3 is 11.9 Å². The molecule has 0 fully saturated rings. The Bertz CT molecular complexity index is 551. The Kier molecular flexibility index (Phi) is 9.84. The topological polar surface area (TPSA) is 208 Å². The number of hydrogen-bond acceptors (Lipinski definition) is 7. The SMILES string of the molecule is CC(C)C(NC(=O)C(CO)NC(=O)C(N)CC(=O)O)C(=O)NCC(=O)O. The van der Waals surface area contributed by atoms with E-state index in [1.54, 1.807) is 13.8 Å². The lowest BCUT2D eigenvalue weighted by Crippen LogP contribution is -2.58. The summed E-state index contributed by atoms with van der Waals surface area (Å²) in [6.45, 7) is 1.74. The van der Waals surface area contributed by atoms with Crippen LogP contribution in [0.5, 0.6) is 0 Å². The van der Waals surface area contributed by atoms with Crippen molar-refractivity contribution < 1.29 is 39.3 Å². The van der Waals surface area contributed by atoms with Gasteiger partial charge in [0.25, 0.3) is 0 Å². The van der Waals surface area contributed by atoms with Gasteiger partial charge in [0, 0.05) is 0 Å². The highest BCUT2D eigenvalue weighted by Crippen LogP contribution is 2.03. The maximum atomic E-state index is 12.2. The molecule has 0 radical (unpaired) electrons. The summed E-state index contributed by atoms with van der Waals surface area (Å²) < 4.78 is 0. The van der Waals surface area contributed by atoms with Gasteiger partial charge in [-0.15, -0.1) is 0 Å². The molecule has 0 aromatic carbocycles. The number of carboxylic acids is 2. The van der Waals surface area contributed by atoms with E-state index < -0.39 is 73.3 Å². The van der Waals surface area contributed by atoms with Crippen molar-refractivity contribution in [1.82, 2.24) is 16.0 Å². The van der Waals surface area contributed by atoms with Crippen LogP contribution >= 0.6 is 0 Å². The average molecular weight is 376 g/mol. The smallest absolute Gasteiger partial charge is 0.322 e. The quantitative estimate of drug-likeness (QED) is 0.191. The lowest BCUT2D eigenvalue weighted by atomic mass is 10.0. The molecule has 3 amide bonds. The molecule has 0 bridgehead atoms. The Morgan fingerprint density at radius 3 is 1.92 bits per heavy atom. The molecule has 12 heteroatoms. The van der Waals surface area contributed by atoms with Crippen LogP contribution in [0.15, 0.2) is 0 Å². The van der Waals surface area contributed by atoms with Gasteiger partial charge in [-0.3, -0.25) is 24.0 Å². The summed E-state index contributed by atoms with van der Waals surface area (Å²) in [5.74, 6) is -5.61. The Labute approximate surface area is 149 Å². The van der Waals surface area contributed by atoms with Gasteiger partial charge in [-0.1, -0.05) is 13.8 Å². The van der Waals surface area contributed by atoms with Crippen LogP contribution in [0.3, 0.4) is 0 Å². The van der Waals surface area contributed by atoms with E-state index in [9.17, 15) is 29.1 Å². The maximum Gasteiger partial charge on any atom is 0.322 e. The van der Waals surface area contributed by atoms with Crippen LogP contribution in [-0.2, 0) is 24.0 Å². The largest absolute Gasteiger partial charge is 0.481 e. The van der Waals surface area contributed by atoms with Crippen molar-refractivity contribution in [2.45, 2.75) is 38.4 Å². The molecule has 0 aliphatic heterocycles. The van der Waals surface area contributed by atoms with Gasteiger partial charge in [-0.05, 0) is 5.92 Å². The summed E-state index contributed by atoms with van der Waals surface area (Å²) in [4.78, 5) is 56.9. The molecule has 0 heterocycles. The number of carboxylic acid groups (broad SMARTS) is 2. The molecule has 3 atom stereocenters. The van der Waals surface area contributed by atoms with Crippen LogP contribution in [0.1, 0.15) is 20.3 Å². The molecule has 0 saturated heterocycles. The van der Waals surface area contributed by atoms with Gasteiger partial charge in [0.15, 0.2) is 0 Å². The first kappa shape index (κ1) is 23.3. The molecular weight excluding hydrogens is 352 g/mol. The number of nitrogens with one attached hydrogen (secondary N) is 3. The van der Waals surface area contributed by atoms with Gasteiger partial charge in [-0.25, -0.2) is 0 Å². The zero-order chi connectivity index (χ0) is 20.4. The number of hydrogen-bond donors (Lipinski definition) is 7. The van der Waals surface area contributed by atoms with E-state index in [2.05, 4.69) is 16.0 Å². The number of rotatable bonds is 11. The third kappa shape index (κ3) is 8.39. The van der Waals surface area contributed by atoms with Gasteiger partial charge in [0.05, 0.1) is 19.1 Å². The van der Waals surface area contributed by atoms with Crippen molar-refractivity contribution in [3.8, 4) is 0 Å². The predicted octanol–water partition coefficient (Wildman–Crippen LogP) is -3.39. The third-order valence-corrected chi connectivity index (χ3v) is 3.21. The molecule has 3 unspecified atom stereocenters. The minimum Gasteiger partial charge on any atom is -0.481 e. The second kappa shape index (κ2) is 11.0. The number of amides is 3. The number of carbonyl (C=O) groups excluding carboxylic acids is 3. The monoisotopic (exact) mass is 376 g/mol. The fourth-order valence-corrected chi connectivity index (χ4v) is 1.82. The first-order valence-corrected chi connectivity index (χ1v) is 7.68. The molecule has 0 rings (SSSR count). The molecule has 0 saturated carbocycles. The van der Waals surface area contributed by atoms with Gasteiger partial charge < -0.3 is 37.0 Å². The maximum absolute atomic E-state index is 12.2. The molecule has 0 aliphatic rings. The van der Waals surface area contributed by atoms with E-state index in [4.69, 9.17) is 15.9 Å². The van der Waals surface area contributed by atoms with Crippen molar-refractivity contribution in [3.63, 3.8) is 0 Å². The molecule has 0 aromatic rings. The number of aliphatic hydroxyl groups excluding tert-OH is 1. The number of aliphatic hydroxyl groups is 1. The molecule has 26 heavy (non-hydrogen) atoms. The van der Waals surface area contributed by atoms with Crippen molar-refractivity contribution in [3.05, 3.63) is 0 Å². The van der Waals surface area contributed by atoms with E-state index in [1.807, 2.05) is 0 Å². The van der Waals surface area contributed by atoms with Gasteiger partial charge in [-0.2, -0.15) is 0 Å². The molecule has 8 N–H and O–H groups in total. The Morgan fingerprint density at radius 1 is 0.923 bits per heavy atom. The summed E-state index contributed by atoms with van der Waals surface area (Å²) in [6.07, 6.45) is -0.669. The highest BCUT2D eigenvalue weighted by Gasteiger charge is 2.29. The first-order chi connectivity index (χ1) is 12.0. The summed E-state index contributed by atoms with van der Waals surface area (Å²) in [5, 5.41) is 32.9. The Hall–Kier alpha value is -2.73. The van der Waals surface area contributed by atoms with Crippen molar-refractivity contribution >= 4 is 29.7 Å². The number of nitrogens with two attached hydrogens (primary N) is 1. The second-order valence-electron chi connectivity index (χ2n) is 5.79.